The van der Waals surface area contributed by atoms with E-state index in [4.69, 9.17) is 28.9 Å². The van der Waals surface area contributed by atoms with Crippen LogP contribution in [0.25, 0.3) is 0 Å². The second-order valence-corrected chi connectivity index (χ2v) is 4.25. The second-order valence-electron chi connectivity index (χ2n) is 3.40. The lowest BCUT2D eigenvalue weighted by molar-refractivity contribution is 0.829. The maximum Gasteiger partial charge on any atom is 0.0802 e. The molecule has 1 unspecified atom stereocenters. The molecule has 0 amide bonds. The van der Waals surface area contributed by atoms with Crippen molar-refractivity contribution in [2.75, 3.05) is 0 Å². The number of pyridine rings is 1. The van der Waals surface area contributed by atoms with Crippen molar-refractivity contribution in [2.24, 2.45) is 5.73 Å². The lowest BCUT2D eigenvalue weighted by Crippen LogP contribution is -2.13. The van der Waals surface area contributed by atoms with Gasteiger partial charge in [0.05, 0.1) is 16.8 Å². The lowest BCUT2D eigenvalue weighted by atomic mass is 10.0. The average Bonchev–Trinajstić information content (AvgIpc) is 2.29. The van der Waals surface area contributed by atoms with Gasteiger partial charge >= 0.3 is 0 Å². The van der Waals surface area contributed by atoms with Gasteiger partial charge in [-0.15, -0.1) is 0 Å². The Kier molecular flexibility index (Phi) is 3.44. The number of nitrogens with zero attached hydrogens (tertiary/aromatic N) is 1. The number of rotatable bonds is 2. The molecule has 0 saturated carbocycles. The van der Waals surface area contributed by atoms with Gasteiger partial charge < -0.3 is 5.73 Å². The normalized spacial score (nSPS) is 12.4. The molecule has 0 aliphatic carbocycles. The van der Waals surface area contributed by atoms with Gasteiger partial charge in [0.2, 0.25) is 0 Å². The van der Waals surface area contributed by atoms with Gasteiger partial charge in [0.1, 0.15) is 0 Å². The van der Waals surface area contributed by atoms with E-state index in [0.29, 0.717) is 15.7 Å². The van der Waals surface area contributed by atoms with Crippen LogP contribution < -0.4 is 5.73 Å². The summed E-state index contributed by atoms with van der Waals surface area (Å²) in [6, 6.07) is 10.6. The van der Waals surface area contributed by atoms with Crippen LogP contribution in [0.2, 0.25) is 10.0 Å². The molecular formula is C12H10Cl2N2. The first-order valence-electron chi connectivity index (χ1n) is 4.80. The first-order valence-corrected chi connectivity index (χ1v) is 5.55. The summed E-state index contributed by atoms with van der Waals surface area (Å²) in [5, 5.41) is 1.22. The summed E-state index contributed by atoms with van der Waals surface area (Å²) >= 11 is 11.9. The van der Waals surface area contributed by atoms with Crippen LogP contribution >= 0.6 is 23.2 Å². The molecule has 0 fully saturated rings. The highest BCUT2D eigenvalue weighted by Crippen LogP contribution is 2.25. The van der Waals surface area contributed by atoms with E-state index in [1.807, 2.05) is 18.2 Å². The first kappa shape index (κ1) is 11.4. The molecule has 1 aromatic carbocycles. The summed E-state index contributed by atoms with van der Waals surface area (Å²) < 4.78 is 0. The molecule has 2 rings (SSSR count). The van der Waals surface area contributed by atoms with E-state index >= 15 is 0 Å². The minimum absolute atomic E-state index is 0.354. The van der Waals surface area contributed by atoms with Gasteiger partial charge in [-0.25, -0.2) is 0 Å². The SMILES string of the molecule is NC(c1cccc(Cl)c1)c1ncccc1Cl. The Hall–Kier alpha value is -1.09. The third kappa shape index (κ3) is 2.35. The quantitative estimate of drug-likeness (QED) is 0.890. The van der Waals surface area contributed by atoms with Crippen LogP contribution in [0.15, 0.2) is 42.6 Å². The molecule has 0 spiro atoms. The Morgan fingerprint density at radius 2 is 1.94 bits per heavy atom. The molecule has 0 saturated heterocycles. The monoisotopic (exact) mass is 252 g/mol. The molecule has 16 heavy (non-hydrogen) atoms. The molecule has 82 valence electrons. The smallest absolute Gasteiger partial charge is 0.0802 e. The molecule has 1 atom stereocenters. The predicted molar refractivity (Wildman–Crippen MR) is 66.7 cm³/mol. The first-order chi connectivity index (χ1) is 7.68. The highest BCUT2D eigenvalue weighted by molar-refractivity contribution is 6.31. The van der Waals surface area contributed by atoms with E-state index in [0.717, 1.165) is 5.56 Å². The van der Waals surface area contributed by atoms with Crippen LogP contribution in [0.5, 0.6) is 0 Å². The number of aromatic nitrogens is 1. The maximum atomic E-state index is 6.08. The molecule has 4 heteroatoms. The predicted octanol–water partition coefficient (Wildman–Crippen LogP) is 3.44. The third-order valence-electron chi connectivity index (χ3n) is 2.29. The van der Waals surface area contributed by atoms with Crippen molar-refractivity contribution in [3.05, 3.63) is 63.9 Å². The Labute approximate surface area is 104 Å². The minimum atomic E-state index is -0.354. The molecule has 0 bridgehead atoms. The fraction of sp³-hybridized carbons (Fsp3) is 0.0833. The van der Waals surface area contributed by atoms with Crippen molar-refractivity contribution < 1.29 is 0 Å². The largest absolute Gasteiger partial charge is 0.319 e. The number of benzene rings is 1. The lowest BCUT2D eigenvalue weighted by Gasteiger charge is -2.12. The summed E-state index contributed by atoms with van der Waals surface area (Å²) in [7, 11) is 0. The van der Waals surface area contributed by atoms with Crippen LogP contribution in [-0.4, -0.2) is 4.98 Å². The fourth-order valence-electron chi connectivity index (χ4n) is 1.48. The molecular weight excluding hydrogens is 243 g/mol. The highest BCUT2D eigenvalue weighted by Gasteiger charge is 2.13. The Morgan fingerprint density at radius 3 is 2.62 bits per heavy atom. The topological polar surface area (TPSA) is 38.9 Å². The van der Waals surface area contributed by atoms with E-state index < -0.39 is 0 Å². The van der Waals surface area contributed by atoms with Crippen molar-refractivity contribution in [1.82, 2.24) is 4.98 Å². The molecule has 2 nitrogen and oxygen atoms in total. The zero-order chi connectivity index (χ0) is 11.5. The van der Waals surface area contributed by atoms with Gasteiger partial charge in [-0.3, -0.25) is 4.98 Å². The van der Waals surface area contributed by atoms with Crippen LogP contribution in [0, 0.1) is 0 Å². The van der Waals surface area contributed by atoms with Crippen molar-refractivity contribution in [1.29, 1.82) is 0 Å². The molecule has 0 radical (unpaired) electrons. The van der Waals surface area contributed by atoms with E-state index in [-0.39, 0.29) is 6.04 Å². The molecule has 0 aliphatic heterocycles. The number of nitrogens with two attached hydrogens (primary N) is 1. The zero-order valence-corrected chi connectivity index (χ0v) is 9.91. The molecule has 2 N–H and O–H groups in total. The van der Waals surface area contributed by atoms with Gasteiger partial charge in [-0.05, 0) is 29.8 Å². The zero-order valence-electron chi connectivity index (χ0n) is 8.40. The fourth-order valence-corrected chi connectivity index (χ4v) is 1.92. The minimum Gasteiger partial charge on any atom is -0.319 e. The summed E-state index contributed by atoms with van der Waals surface area (Å²) in [6.07, 6.45) is 1.67. The van der Waals surface area contributed by atoms with Crippen molar-refractivity contribution in [2.45, 2.75) is 6.04 Å². The van der Waals surface area contributed by atoms with Gasteiger partial charge in [-0.1, -0.05) is 35.3 Å². The van der Waals surface area contributed by atoms with Gasteiger partial charge in [0.15, 0.2) is 0 Å². The Bertz CT molecular complexity index is 500. The standard InChI is InChI=1S/C12H10Cl2N2/c13-9-4-1-3-8(7-9)11(15)12-10(14)5-2-6-16-12/h1-7,11H,15H2. The summed E-state index contributed by atoms with van der Waals surface area (Å²) in [5.41, 5.74) is 7.64. The summed E-state index contributed by atoms with van der Waals surface area (Å²) in [5.74, 6) is 0. The van der Waals surface area contributed by atoms with Gasteiger partial charge in [0, 0.05) is 11.2 Å². The summed E-state index contributed by atoms with van der Waals surface area (Å²) in [4.78, 5) is 4.18. The molecule has 1 aromatic heterocycles. The van der Waals surface area contributed by atoms with Crippen LogP contribution in [0.3, 0.4) is 0 Å². The Morgan fingerprint density at radius 1 is 1.12 bits per heavy atom. The molecule has 2 aromatic rings. The van der Waals surface area contributed by atoms with Crippen LogP contribution in [0.1, 0.15) is 17.3 Å². The highest BCUT2D eigenvalue weighted by atomic mass is 35.5. The van der Waals surface area contributed by atoms with Crippen molar-refractivity contribution in [3.63, 3.8) is 0 Å². The average molecular weight is 253 g/mol. The number of hydrogen-bond acceptors (Lipinski definition) is 2. The van der Waals surface area contributed by atoms with E-state index in [1.54, 1.807) is 24.4 Å². The van der Waals surface area contributed by atoms with E-state index in [9.17, 15) is 0 Å². The maximum absolute atomic E-state index is 6.08. The second kappa shape index (κ2) is 4.83. The number of halogens is 2. The summed E-state index contributed by atoms with van der Waals surface area (Å²) in [6.45, 7) is 0. The van der Waals surface area contributed by atoms with Crippen molar-refractivity contribution in [3.8, 4) is 0 Å². The van der Waals surface area contributed by atoms with E-state index in [2.05, 4.69) is 4.98 Å². The van der Waals surface area contributed by atoms with Crippen LogP contribution in [0.4, 0.5) is 0 Å². The van der Waals surface area contributed by atoms with Crippen molar-refractivity contribution >= 4 is 23.2 Å². The van der Waals surface area contributed by atoms with Gasteiger partial charge in [-0.2, -0.15) is 0 Å². The third-order valence-corrected chi connectivity index (χ3v) is 2.84. The number of hydrogen-bond donors (Lipinski definition) is 1. The van der Waals surface area contributed by atoms with Crippen LogP contribution in [-0.2, 0) is 0 Å². The molecule has 1 heterocycles. The molecule has 0 aliphatic rings. The van der Waals surface area contributed by atoms with E-state index in [1.165, 1.54) is 0 Å². The van der Waals surface area contributed by atoms with Gasteiger partial charge in [0.25, 0.3) is 0 Å². The Balaban J connectivity index is 2.39.